The number of sulfone groups is 1. The Labute approximate surface area is 180 Å². The summed E-state index contributed by atoms with van der Waals surface area (Å²) >= 11 is 0. The molecule has 0 atom stereocenters. The minimum absolute atomic E-state index is 0.0133. The van der Waals surface area contributed by atoms with E-state index >= 15 is 0 Å². The summed E-state index contributed by atoms with van der Waals surface area (Å²) in [6.07, 6.45) is 0. The van der Waals surface area contributed by atoms with Crippen molar-refractivity contribution in [3.63, 3.8) is 0 Å². The molecule has 2 N–H and O–H groups in total. The Balaban J connectivity index is 2.40. The van der Waals surface area contributed by atoms with Crippen LogP contribution in [0.4, 0.5) is 18.9 Å². The van der Waals surface area contributed by atoms with E-state index in [1.807, 2.05) is 40.7 Å². The normalized spacial score (nSPS) is 13.2. The maximum Gasteiger partial charge on any atom is 0.501 e. The van der Waals surface area contributed by atoms with Gasteiger partial charge in [0.05, 0.1) is 10.5 Å². The number of hydrogen-bond acceptors (Lipinski definition) is 4. The molecular formula is C22H26F3NO4S. The zero-order valence-electron chi connectivity index (χ0n) is 18.2. The Bertz CT molecular complexity index is 1100. The van der Waals surface area contributed by atoms with Crippen LogP contribution in [0.15, 0.2) is 41.3 Å². The topological polar surface area (TPSA) is 83.5 Å². The highest BCUT2D eigenvalue weighted by molar-refractivity contribution is 7.92. The molecule has 0 aliphatic rings. The summed E-state index contributed by atoms with van der Waals surface area (Å²) in [6, 6.07) is 6.97. The maximum atomic E-state index is 12.8. The number of alkyl halides is 3. The van der Waals surface area contributed by atoms with Crippen molar-refractivity contribution in [1.82, 2.24) is 0 Å². The van der Waals surface area contributed by atoms with Crippen molar-refractivity contribution < 1.29 is 31.5 Å². The third kappa shape index (κ3) is 4.71. The summed E-state index contributed by atoms with van der Waals surface area (Å²) in [5, 5.41) is 13.3. The van der Waals surface area contributed by atoms with Crippen LogP contribution in [-0.4, -0.2) is 24.9 Å². The van der Waals surface area contributed by atoms with Crippen LogP contribution in [0.1, 0.15) is 56.1 Å². The molecule has 0 unspecified atom stereocenters. The van der Waals surface area contributed by atoms with Crippen molar-refractivity contribution in [3.05, 3.63) is 53.1 Å². The monoisotopic (exact) mass is 457 g/mol. The van der Waals surface area contributed by atoms with Crippen LogP contribution < -0.4 is 5.32 Å². The van der Waals surface area contributed by atoms with Crippen LogP contribution in [0.2, 0.25) is 0 Å². The van der Waals surface area contributed by atoms with Gasteiger partial charge < -0.3 is 10.4 Å². The van der Waals surface area contributed by atoms with Crippen molar-refractivity contribution in [2.24, 2.45) is 5.41 Å². The molecule has 5 nitrogen and oxygen atoms in total. The molecule has 0 radical (unpaired) electrons. The minimum Gasteiger partial charge on any atom is -0.507 e. The zero-order chi connectivity index (χ0) is 24.0. The molecule has 0 spiro atoms. The van der Waals surface area contributed by atoms with E-state index in [0.29, 0.717) is 5.56 Å². The standard InChI is InChI=1S/C22H26F3NO4S/c1-13-11-16(18(27)17(12-13)21(5,6)20(2,3)4)19(28)26-14-7-9-15(10-8-14)31(29,30)22(23,24)25/h7-12,27H,1-6H3,(H,26,28). The number of phenols is 1. The Hall–Kier alpha value is -2.55. The molecule has 2 aromatic rings. The second-order valence-corrected chi connectivity index (χ2v) is 11.0. The molecule has 0 bridgehead atoms. The average molecular weight is 458 g/mol. The minimum atomic E-state index is -5.47. The molecule has 0 fully saturated rings. The van der Waals surface area contributed by atoms with Gasteiger partial charge >= 0.3 is 5.51 Å². The first kappa shape index (κ1) is 24.7. The number of rotatable bonds is 4. The Morgan fingerprint density at radius 2 is 1.48 bits per heavy atom. The zero-order valence-corrected chi connectivity index (χ0v) is 19.0. The Morgan fingerprint density at radius 3 is 1.94 bits per heavy atom. The third-order valence-corrected chi connectivity index (χ3v) is 7.28. The molecule has 0 aliphatic carbocycles. The molecule has 31 heavy (non-hydrogen) atoms. The lowest BCUT2D eigenvalue weighted by Gasteiger charge is -2.40. The van der Waals surface area contributed by atoms with E-state index in [1.165, 1.54) is 6.07 Å². The van der Waals surface area contributed by atoms with Crippen LogP contribution in [0, 0.1) is 12.3 Å². The number of carbonyl (C=O) groups excluding carboxylic acids is 1. The maximum absolute atomic E-state index is 12.8. The Morgan fingerprint density at radius 1 is 0.968 bits per heavy atom. The second kappa shape index (κ2) is 7.85. The molecule has 0 saturated carbocycles. The van der Waals surface area contributed by atoms with E-state index in [1.54, 1.807) is 6.92 Å². The van der Waals surface area contributed by atoms with Gasteiger partial charge in [-0.05, 0) is 53.6 Å². The van der Waals surface area contributed by atoms with E-state index < -0.39 is 31.6 Å². The molecule has 9 heteroatoms. The highest BCUT2D eigenvalue weighted by Gasteiger charge is 2.46. The largest absolute Gasteiger partial charge is 0.507 e. The van der Waals surface area contributed by atoms with Gasteiger partial charge in [-0.15, -0.1) is 0 Å². The van der Waals surface area contributed by atoms with Crippen molar-refractivity contribution in [1.29, 1.82) is 0 Å². The predicted molar refractivity (Wildman–Crippen MR) is 113 cm³/mol. The van der Waals surface area contributed by atoms with Crippen LogP contribution in [0.25, 0.3) is 0 Å². The van der Waals surface area contributed by atoms with E-state index in [2.05, 4.69) is 5.32 Å². The van der Waals surface area contributed by atoms with Gasteiger partial charge in [-0.1, -0.05) is 40.7 Å². The van der Waals surface area contributed by atoms with Gasteiger partial charge in [0.2, 0.25) is 0 Å². The molecule has 0 heterocycles. The van der Waals surface area contributed by atoms with E-state index in [4.69, 9.17) is 0 Å². The van der Waals surface area contributed by atoms with Gasteiger partial charge in [0.1, 0.15) is 5.75 Å². The number of halogens is 3. The van der Waals surface area contributed by atoms with Gasteiger partial charge in [-0.3, -0.25) is 4.79 Å². The predicted octanol–water partition coefficient (Wildman–Crippen LogP) is 5.57. The van der Waals surface area contributed by atoms with Gasteiger partial charge in [-0.2, -0.15) is 13.2 Å². The van der Waals surface area contributed by atoms with Crippen molar-refractivity contribution in [2.75, 3.05) is 5.32 Å². The quantitative estimate of drug-likeness (QED) is 0.629. The average Bonchev–Trinajstić information content (AvgIpc) is 2.61. The third-order valence-electron chi connectivity index (χ3n) is 5.77. The Kier molecular flexibility index (Phi) is 6.26. The second-order valence-electron chi connectivity index (χ2n) is 9.01. The van der Waals surface area contributed by atoms with Crippen molar-refractivity contribution in [3.8, 4) is 5.75 Å². The van der Waals surface area contributed by atoms with Crippen LogP contribution >= 0.6 is 0 Å². The molecule has 0 aromatic heterocycles. The molecule has 2 aromatic carbocycles. The van der Waals surface area contributed by atoms with E-state index in [0.717, 1.165) is 29.8 Å². The first-order chi connectivity index (χ1) is 13.9. The number of carbonyl (C=O) groups is 1. The fraction of sp³-hybridized carbons (Fsp3) is 0.409. The smallest absolute Gasteiger partial charge is 0.501 e. The van der Waals surface area contributed by atoms with E-state index in [9.17, 15) is 31.5 Å². The summed E-state index contributed by atoms with van der Waals surface area (Å²) in [5.41, 5.74) is -4.68. The lowest BCUT2D eigenvalue weighted by molar-refractivity contribution is -0.0436. The van der Waals surface area contributed by atoms with Crippen molar-refractivity contribution >= 4 is 21.4 Å². The molecule has 2 rings (SSSR count). The highest BCUT2D eigenvalue weighted by Crippen LogP contribution is 2.45. The number of phenolic OH excluding ortho intramolecular Hbond substituents is 1. The lowest BCUT2D eigenvalue weighted by Crippen LogP contribution is -2.34. The number of aromatic hydroxyl groups is 1. The molecule has 170 valence electrons. The van der Waals surface area contributed by atoms with Gasteiger partial charge in [0.15, 0.2) is 0 Å². The summed E-state index contributed by atoms with van der Waals surface area (Å²) in [7, 11) is -5.47. The van der Waals surface area contributed by atoms with Crippen molar-refractivity contribution in [2.45, 2.75) is 57.4 Å². The fourth-order valence-electron chi connectivity index (χ4n) is 2.88. The van der Waals surface area contributed by atoms with Crippen LogP contribution in [0.3, 0.4) is 0 Å². The number of aryl methyl sites for hydroxylation is 1. The first-order valence-electron chi connectivity index (χ1n) is 9.46. The van der Waals surface area contributed by atoms with Crippen LogP contribution in [-0.2, 0) is 15.3 Å². The molecule has 0 saturated heterocycles. The van der Waals surface area contributed by atoms with Crippen LogP contribution in [0.5, 0.6) is 5.75 Å². The summed E-state index contributed by atoms with van der Waals surface area (Å²) in [5.74, 6) is -0.849. The van der Waals surface area contributed by atoms with Gasteiger partial charge in [-0.25, -0.2) is 8.42 Å². The number of amides is 1. The number of hydrogen-bond donors (Lipinski definition) is 2. The van der Waals surface area contributed by atoms with E-state index in [-0.39, 0.29) is 22.4 Å². The number of benzene rings is 2. The summed E-state index contributed by atoms with van der Waals surface area (Å²) in [6.45, 7) is 11.8. The number of nitrogens with one attached hydrogen (secondary N) is 1. The molecular weight excluding hydrogens is 431 g/mol. The van der Waals surface area contributed by atoms with Gasteiger partial charge in [0, 0.05) is 11.3 Å². The lowest BCUT2D eigenvalue weighted by atomic mass is 9.64. The molecule has 1 amide bonds. The highest BCUT2D eigenvalue weighted by atomic mass is 32.2. The molecule has 0 aliphatic heterocycles. The number of anilines is 1. The summed E-state index contributed by atoms with van der Waals surface area (Å²) in [4.78, 5) is 11.9. The summed E-state index contributed by atoms with van der Waals surface area (Å²) < 4.78 is 60.9. The SMILES string of the molecule is Cc1cc(C(=O)Nc2ccc(S(=O)(=O)C(F)(F)F)cc2)c(O)c(C(C)(C)C(C)(C)C)c1. The first-order valence-corrected chi connectivity index (χ1v) is 10.9. The van der Waals surface area contributed by atoms with Gasteiger partial charge in [0.25, 0.3) is 15.7 Å². The fourth-order valence-corrected chi connectivity index (χ4v) is 3.64.